The predicted octanol–water partition coefficient (Wildman–Crippen LogP) is 4.81. The number of rotatable bonds is 7. The zero-order chi connectivity index (χ0) is 27.5. The number of nitro groups is 1. The van der Waals surface area contributed by atoms with Gasteiger partial charge in [0.05, 0.1) is 17.6 Å². The lowest BCUT2D eigenvalue weighted by atomic mass is 9.67. The summed E-state index contributed by atoms with van der Waals surface area (Å²) in [4.78, 5) is 49.8. The molecule has 1 N–H and O–H groups in total. The highest BCUT2D eigenvalue weighted by molar-refractivity contribution is 5.93. The number of nitro benzene ring substituents is 1. The lowest BCUT2D eigenvalue weighted by Crippen LogP contribution is -2.61. The van der Waals surface area contributed by atoms with Crippen LogP contribution in [0.5, 0.6) is 5.75 Å². The summed E-state index contributed by atoms with van der Waals surface area (Å²) in [5, 5.41) is 21.2. The van der Waals surface area contributed by atoms with Crippen molar-refractivity contribution in [1.82, 2.24) is 4.90 Å². The van der Waals surface area contributed by atoms with Gasteiger partial charge in [-0.2, -0.15) is 0 Å². The number of piperidine rings is 1. The first kappa shape index (κ1) is 28.2. The van der Waals surface area contributed by atoms with Gasteiger partial charge < -0.3 is 19.3 Å². The van der Waals surface area contributed by atoms with Gasteiger partial charge in [-0.3, -0.25) is 15.0 Å². The lowest BCUT2D eigenvalue weighted by Gasteiger charge is -2.51. The molecule has 5 atom stereocenters. The monoisotopic (exact) mass is 520 g/mol. The minimum atomic E-state index is -1.08. The fourth-order valence-electron chi connectivity index (χ4n) is 5.55. The number of carbonyl (C=O) groups excluding carboxylic acids is 2. The second kappa shape index (κ2) is 11.4. The van der Waals surface area contributed by atoms with E-state index >= 15 is 0 Å². The van der Waals surface area contributed by atoms with Crippen molar-refractivity contribution in [2.24, 2.45) is 11.8 Å². The Bertz CT molecular complexity index is 1040. The van der Waals surface area contributed by atoms with Gasteiger partial charge in [-0.25, -0.2) is 14.4 Å². The molecule has 2 fully saturated rings. The van der Waals surface area contributed by atoms with Crippen LogP contribution in [-0.2, 0) is 14.3 Å². The van der Waals surface area contributed by atoms with E-state index in [4.69, 9.17) is 14.2 Å². The van der Waals surface area contributed by atoms with Gasteiger partial charge in [-0.15, -0.1) is 0 Å². The van der Waals surface area contributed by atoms with Gasteiger partial charge in [-0.1, -0.05) is 6.92 Å². The molecule has 0 radical (unpaired) electrons. The Labute approximate surface area is 216 Å². The Morgan fingerprint density at radius 2 is 1.86 bits per heavy atom. The Balaban J connectivity index is 1.82. The minimum absolute atomic E-state index is 0.0206. The lowest BCUT2D eigenvalue weighted by molar-refractivity contribution is -0.384. The van der Waals surface area contributed by atoms with Gasteiger partial charge in [0.2, 0.25) is 0 Å². The maximum atomic E-state index is 13.0. The largest absolute Gasteiger partial charge is 0.490 e. The summed E-state index contributed by atoms with van der Waals surface area (Å²) in [6.07, 6.45) is 1.76. The normalized spacial score (nSPS) is 25.5. The Kier molecular flexibility index (Phi) is 8.65. The van der Waals surface area contributed by atoms with Crippen molar-refractivity contribution in [3.63, 3.8) is 0 Å². The number of ether oxygens (including phenoxy) is 3. The molecular formula is C26H36N2O9. The Morgan fingerprint density at radius 3 is 2.43 bits per heavy atom. The Hall–Kier alpha value is -3.37. The summed E-state index contributed by atoms with van der Waals surface area (Å²) in [5.41, 5.74) is -1.02. The molecule has 1 aromatic rings. The van der Waals surface area contributed by atoms with Crippen molar-refractivity contribution >= 4 is 23.7 Å². The van der Waals surface area contributed by atoms with Crippen LogP contribution in [0.1, 0.15) is 77.1 Å². The third kappa shape index (κ3) is 6.50. The van der Waals surface area contributed by atoms with Gasteiger partial charge in [-0.05, 0) is 77.7 Å². The number of non-ortho nitro benzene ring substituents is 1. The number of carbonyl (C=O) groups is 3. The first-order chi connectivity index (χ1) is 17.4. The number of carboxylic acid groups (broad SMARTS) is 1. The smallest absolute Gasteiger partial charge is 0.411 e. The number of hydrogen-bond acceptors (Lipinski definition) is 8. The van der Waals surface area contributed by atoms with Gasteiger partial charge >= 0.3 is 18.0 Å². The number of fused-ring (bicyclic) bond motifs is 1. The van der Waals surface area contributed by atoms with Crippen LogP contribution in [0.25, 0.3) is 0 Å². The van der Waals surface area contributed by atoms with Crippen molar-refractivity contribution in [3.8, 4) is 5.75 Å². The van der Waals surface area contributed by atoms with E-state index in [0.29, 0.717) is 25.7 Å². The topological polar surface area (TPSA) is 146 Å². The quantitative estimate of drug-likeness (QED) is 0.304. The third-order valence-electron chi connectivity index (χ3n) is 6.98. The molecule has 3 rings (SSSR count). The molecule has 204 valence electrons. The van der Waals surface area contributed by atoms with Gasteiger partial charge in [0.25, 0.3) is 5.69 Å². The van der Waals surface area contributed by atoms with Crippen molar-refractivity contribution in [1.29, 1.82) is 0 Å². The number of benzene rings is 1. The van der Waals surface area contributed by atoms with Crippen LogP contribution in [0.2, 0.25) is 0 Å². The van der Waals surface area contributed by atoms with Crippen molar-refractivity contribution in [2.75, 3.05) is 6.61 Å². The molecule has 1 unspecified atom stereocenters. The summed E-state index contributed by atoms with van der Waals surface area (Å²) in [6.45, 7) is 8.94. The summed E-state index contributed by atoms with van der Waals surface area (Å²) < 4.78 is 16.8. The summed E-state index contributed by atoms with van der Waals surface area (Å²) >= 11 is 0. The predicted molar refractivity (Wildman–Crippen MR) is 132 cm³/mol. The minimum Gasteiger partial charge on any atom is -0.490 e. The average Bonchev–Trinajstić information content (AvgIpc) is 2.81. The number of likely N-dealkylation sites (tertiary alicyclic amines) is 1. The second-order valence-corrected chi connectivity index (χ2v) is 10.6. The molecule has 0 bridgehead atoms. The number of aliphatic carboxylic acids is 1. The molecule has 0 aromatic heterocycles. The van der Waals surface area contributed by atoms with E-state index < -0.39 is 34.6 Å². The van der Waals surface area contributed by atoms with Gasteiger partial charge in [0, 0.05) is 18.2 Å². The molecular weight excluding hydrogens is 484 g/mol. The highest BCUT2D eigenvalue weighted by atomic mass is 16.6. The van der Waals surface area contributed by atoms with Crippen LogP contribution in [0, 0.1) is 22.0 Å². The number of hydrogen-bond donors (Lipinski definition) is 1. The molecule has 1 aromatic carbocycles. The maximum Gasteiger partial charge on any atom is 0.411 e. The van der Waals surface area contributed by atoms with E-state index in [0.717, 1.165) is 6.07 Å². The van der Waals surface area contributed by atoms with E-state index in [-0.39, 0.29) is 54.0 Å². The average molecular weight is 521 g/mol. The van der Waals surface area contributed by atoms with Crippen LogP contribution >= 0.6 is 0 Å². The maximum absolute atomic E-state index is 13.0. The fraction of sp³-hybridized carbons (Fsp3) is 0.654. The first-order valence-electron chi connectivity index (χ1n) is 12.7. The summed E-state index contributed by atoms with van der Waals surface area (Å²) in [7, 11) is 0. The van der Waals surface area contributed by atoms with Crippen molar-refractivity contribution < 1.29 is 38.6 Å². The standard InChI is InChI=1S/C26H36N2O9/c1-6-20-18-10-9-17(36-22-11-8-16(28(33)34)14-19(22)24(31)35-7-2)12-15(18)13-21(23(29)30)27(20)25(32)37-26(3,4)5/h8,11,14-15,17-18,20-21H,6-7,9-10,12-13H2,1-5H3,(H,29,30)/t15-,17+,18-,20?,21+/m1/s1. The summed E-state index contributed by atoms with van der Waals surface area (Å²) in [6, 6.07) is 2.51. The molecule has 1 heterocycles. The molecule has 1 aliphatic heterocycles. The number of nitrogens with zero attached hydrogens (tertiary/aromatic N) is 2. The zero-order valence-electron chi connectivity index (χ0n) is 22.0. The van der Waals surface area contributed by atoms with Crippen molar-refractivity contribution in [2.45, 2.75) is 90.5 Å². The molecule has 11 nitrogen and oxygen atoms in total. The first-order valence-corrected chi connectivity index (χ1v) is 12.7. The van der Waals surface area contributed by atoms with Crippen LogP contribution in [0.4, 0.5) is 10.5 Å². The fourth-order valence-corrected chi connectivity index (χ4v) is 5.55. The molecule has 37 heavy (non-hydrogen) atoms. The van der Waals surface area contributed by atoms with E-state index in [2.05, 4.69) is 0 Å². The number of esters is 1. The molecule has 11 heteroatoms. The SMILES string of the molecule is CCOC(=O)c1cc([N+](=O)[O-])ccc1O[C@H]1CC[C@H]2C(CC)N(C(=O)OC(C)(C)C)[C@H](C(=O)O)C[C@H]2C1. The van der Waals surface area contributed by atoms with E-state index in [1.807, 2.05) is 6.92 Å². The van der Waals surface area contributed by atoms with Crippen molar-refractivity contribution in [3.05, 3.63) is 33.9 Å². The highest BCUT2D eigenvalue weighted by Gasteiger charge is 2.50. The van der Waals surface area contributed by atoms with E-state index in [1.54, 1.807) is 27.7 Å². The van der Waals surface area contributed by atoms with Gasteiger partial charge in [0.1, 0.15) is 23.0 Å². The highest BCUT2D eigenvalue weighted by Crippen LogP contribution is 2.45. The molecule has 1 aliphatic carbocycles. The van der Waals surface area contributed by atoms with Crippen LogP contribution in [-0.4, -0.2) is 63.4 Å². The third-order valence-corrected chi connectivity index (χ3v) is 6.98. The van der Waals surface area contributed by atoms with Crippen LogP contribution in [0.15, 0.2) is 18.2 Å². The van der Waals surface area contributed by atoms with E-state index in [1.165, 1.54) is 17.0 Å². The second-order valence-electron chi connectivity index (χ2n) is 10.6. The Morgan fingerprint density at radius 1 is 1.16 bits per heavy atom. The van der Waals surface area contributed by atoms with Gasteiger partial charge in [0.15, 0.2) is 0 Å². The molecule has 0 spiro atoms. The van der Waals surface area contributed by atoms with E-state index in [9.17, 15) is 29.6 Å². The molecule has 1 saturated heterocycles. The number of carboxylic acids is 1. The van der Waals surface area contributed by atoms with Crippen LogP contribution < -0.4 is 4.74 Å². The molecule has 1 saturated carbocycles. The molecule has 2 aliphatic rings. The zero-order valence-corrected chi connectivity index (χ0v) is 22.0. The summed E-state index contributed by atoms with van der Waals surface area (Å²) in [5.74, 6) is -1.54. The van der Waals surface area contributed by atoms with Crippen LogP contribution in [0.3, 0.4) is 0 Å². The molecule has 1 amide bonds. The number of amides is 1.